The number of amides is 1. The van der Waals surface area contributed by atoms with Crippen molar-refractivity contribution in [1.82, 2.24) is 0 Å². The Labute approximate surface area is 115 Å². The van der Waals surface area contributed by atoms with Crippen LogP contribution in [0.5, 0.6) is 0 Å². The fraction of sp³-hybridized carbons (Fsp3) is 0.462. The molecule has 1 aromatic carbocycles. The van der Waals surface area contributed by atoms with Gasteiger partial charge < -0.3 is 16.4 Å². The molecule has 1 fully saturated rings. The minimum Gasteiger partial charge on any atom is -0.367 e. The molecule has 1 aliphatic rings. The second-order valence-electron chi connectivity index (χ2n) is 4.60. The molecule has 1 amide bonds. The highest BCUT2D eigenvalue weighted by Crippen LogP contribution is 2.30. The highest BCUT2D eigenvalue weighted by Gasteiger charge is 2.24. The lowest BCUT2D eigenvalue weighted by Gasteiger charge is -2.37. The lowest BCUT2D eigenvalue weighted by Crippen LogP contribution is -2.45. The SMILES string of the molecule is NCC1CCCCN1c1cc(Br)ccc1C(N)=O. The van der Waals surface area contributed by atoms with Gasteiger partial charge in [-0.2, -0.15) is 0 Å². The molecule has 1 heterocycles. The molecule has 5 heteroatoms. The third-order valence-electron chi connectivity index (χ3n) is 3.43. The third-order valence-corrected chi connectivity index (χ3v) is 3.93. The van der Waals surface area contributed by atoms with Crippen LogP contribution < -0.4 is 16.4 Å². The van der Waals surface area contributed by atoms with Crippen molar-refractivity contribution in [2.45, 2.75) is 25.3 Å². The molecule has 1 aromatic rings. The second kappa shape index (κ2) is 5.71. The smallest absolute Gasteiger partial charge is 0.250 e. The monoisotopic (exact) mass is 311 g/mol. The number of carbonyl (C=O) groups excluding carboxylic acids is 1. The van der Waals surface area contributed by atoms with Crippen LogP contribution in [0.2, 0.25) is 0 Å². The summed E-state index contributed by atoms with van der Waals surface area (Å²) in [6.07, 6.45) is 3.39. The van der Waals surface area contributed by atoms with Crippen molar-refractivity contribution in [3.63, 3.8) is 0 Å². The minimum absolute atomic E-state index is 0.297. The largest absolute Gasteiger partial charge is 0.367 e. The molecule has 18 heavy (non-hydrogen) atoms. The van der Waals surface area contributed by atoms with E-state index in [0.717, 1.165) is 29.5 Å². The molecule has 4 nitrogen and oxygen atoms in total. The molecule has 0 aliphatic carbocycles. The van der Waals surface area contributed by atoms with Crippen molar-refractivity contribution in [3.8, 4) is 0 Å². The fourth-order valence-electron chi connectivity index (χ4n) is 2.51. The lowest BCUT2D eigenvalue weighted by atomic mass is 9.99. The Bertz CT molecular complexity index is 450. The first-order valence-electron chi connectivity index (χ1n) is 6.19. The quantitative estimate of drug-likeness (QED) is 0.895. The van der Waals surface area contributed by atoms with Gasteiger partial charge >= 0.3 is 0 Å². The Kier molecular flexibility index (Phi) is 4.24. The summed E-state index contributed by atoms with van der Waals surface area (Å²) in [6.45, 7) is 1.53. The van der Waals surface area contributed by atoms with E-state index in [0.29, 0.717) is 18.2 Å². The Morgan fingerprint density at radius 2 is 2.22 bits per heavy atom. The maximum Gasteiger partial charge on any atom is 0.250 e. The van der Waals surface area contributed by atoms with E-state index in [4.69, 9.17) is 11.5 Å². The molecule has 1 unspecified atom stereocenters. The fourth-order valence-corrected chi connectivity index (χ4v) is 2.86. The predicted molar refractivity (Wildman–Crippen MR) is 76.7 cm³/mol. The molecule has 0 spiro atoms. The van der Waals surface area contributed by atoms with Crippen LogP contribution in [0.3, 0.4) is 0 Å². The van der Waals surface area contributed by atoms with Crippen molar-refractivity contribution >= 4 is 27.5 Å². The van der Waals surface area contributed by atoms with Crippen molar-refractivity contribution in [2.75, 3.05) is 18.0 Å². The van der Waals surface area contributed by atoms with Crippen molar-refractivity contribution < 1.29 is 4.79 Å². The predicted octanol–water partition coefficient (Wildman–Crippen LogP) is 1.87. The van der Waals surface area contributed by atoms with Gasteiger partial charge in [0.1, 0.15) is 0 Å². The number of halogens is 1. The maximum atomic E-state index is 11.5. The number of carbonyl (C=O) groups is 1. The molecule has 2 rings (SSSR count). The van der Waals surface area contributed by atoms with Gasteiger partial charge in [0.2, 0.25) is 0 Å². The number of rotatable bonds is 3. The first kappa shape index (κ1) is 13.4. The van der Waals surface area contributed by atoms with Gasteiger partial charge in [0.05, 0.1) is 11.3 Å². The van der Waals surface area contributed by atoms with Gasteiger partial charge in [0.15, 0.2) is 0 Å². The molecular weight excluding hydrogens is 294 g/mol. The summed E-state index contributed by atoms with van der Waals surface area (Å²) in [4.78, 5) is 13.7. The zero-order valence-corrected chi connectivity index (χ0v) is 11.8. The van der Waals surface area contributed by atoms with E-state index in [1.165, 1.54) is 6.42 Å². The third kappa shape index (κ3) is 2.67. The molecule has 0 bridgehead atoms. The van der Waals surface area contributed by atoms with Crippen LogP contribution in [-0.2, 0) is 0 Å². The van der Waals surface area contributed by atoms with Gasteiger partial charge in [0.25, 0.3) is 5.91 Å². The number of primary amides is 1. The standard InChI is InChI=1S/C13H18BrN3O/c14-9-4-5-11(13(16)18)12(7-9)17-6-2-1-3-10(17)8-15/h4-5,7,10H,1-3,6,8,15H2,(H2,16,18). The highest BCUT2D eigenvalue weighted by atomic mass is 79.9. The van der Waals surface area contributed by atoms with E-state index >= 15 is 0 Å². The molecule has 0 saturated carbocycles. The second-order valence-corrected chi connectivity index (χ2v) is 5.52. The van der Waals surface area contributed by atoms with Crippen LogP contribution in [0.1, 0.15) is 29.6 Å². The zero-order chi connectivity index (χ0) is 13.1. The van der Waals surface area contributed by atoms with E-state index in [-0.39, 0.29) is 5.91 Å². The number of hydrogen-bond acceptors (Lipinski definition) is 3. The summed E-state index contributed by atoms with van der Waals surface area (Å²) in [5.41, 5.74) is 12.7. The first-order chi connectivity index (χ1) is 8.63. The van der Waals surface area contributed by atoms with E-state index in [2.05, 4.69) is 20.8 Å². The minimum atomic E-state index is -0.390. The molecule has 1 saturated heterocycles. The number of anilines is 1. The van der Waals surface area contributed by atoms with Gasteiger partial charge in [-0.3, -0.25) is 4.79 Å². The summed E-state index contributed by atoms with van der Waals surface area (Å²) in [5.74, 6) is -0.390. The van der Waals surface area contributed by atoms with Crippen LogP contribution in [0.25, 0.3) is 0 Å². The normalized spacial score (nSPS) is 19.9. The number of nitrogens with two attached hydrogens (primary N) is 2. The Morgan fingerprint density at radius 3 is 2.89 bits per heavy atom. The molecule has 1 atom stereocenters. The van der Waals surface area contributed by atoms with Gasteiger partial charge in [-0.15, -0.1) is 0 Å². The molecular formula is C13H18BrN3O. The van der Waals surface area contributed by atoms with Gasteiger partial charge in [-0.25, -0.2) is 0 Å². The molecule has 4 N–H and O–H groups in total. The first-order valence-corrected chi connectivity index (χ1v) is 6.99. The Morgan fingerprint density at radius 1 is 1.44 bits per heavy atom. The van der Waals surface area contributed by atoms with Gasteiger partial charge in [0, 0.05) is 23.6 Å². The molecule has 0 aromatic heterocycles. The van der Waals surface area contributed by atoms with Crippen LogP contribution in [0.4, 0.5) is 5.69 Å². The van der Waals surface area contributed by atoms with Crippen LogP contribution >= 0.6 is 15.9 Å². The van der Waals surface area contributed by atoms with Crippen molar-refractivity contribution in [2.24, 2.45) is 11.5 Å². The Hall–Kier alpha value is -1.07. The van der Waals surface area contributed by atoms with Crippen molar-refractivity contribution in [1.29, 1.82) is 0 Å². The maximum absolute atomic E-state index is 11.5. The number of piperidine rings is 1. The van der Waals surface area contributed by atoms with Gasteiger partial charge in [-0.05, 0) is 37.5 Å². The summed E-state index contributed by atoms with van der Waals surface area (Å²) < 4.78 is 0.948. The number of benzene rings is 1. The molecule has 98 valence electrons. The topological polar surface area (TPSA) is 72.3 Å². The van der Waals surface area contributed by atoms with Crippen LogP contribution in [-0.4, -0.2) is 25.0 Å². The average molecular weight is 312 g/mol. The lowest BCUT2D eigenvalue weighted by molar-refractivity contribution is 0.100. The molecule has 0 radical (unpaired) electrons. The van der Waals surface area contributed by atoms with Crippen LogP contribution in [0.15, 0.2) is 22.7 Å². The average Bonchev–Trinajstić information content (AvgIpc) is 2.38. The summed E-state index contributed by atoms with van der Waals surface area (Å²) in [5, 5.41) is 0. The Balaban J connectivity index is 2.41. The summed E-state index contributed by atoms with van der Waals surface area (Å²) in [6, 6.07) is 5.86. The van der Waals surface area contributed by atoms with Crippen molar-refractivity contribution in [3.05, 3.63) is 28.2 Å². The summed E-state index contributed by atoms with van der Waals surface area (Å²) in [7, 11) is 0. The number of nitrogens with zero attached hydrogens (tertiary/aromatic N) is 1. The van der Waals surface area contributed by atoms with E-state index in [1.54, 1.807) is 6.07 Å². The van der Waals surface area contributed by atoms with E-state index < -0.39 is 0 Å². The summed E-state index contributed by atoms with van der Waals surface area (Å²) >= 11 is 3.44. The van der Waals surface area contributed by atoms with Gasteiger partial charge in [-0.1, -0.05) is 15.9 Å². The van der Waals surface area contributed by atoms with E-state index in [9.17, 15) is 4.79 Å². The highest BCUT2D eigenvalue weighted by molar-refractivity contribution is 9.10. The number of hydrogen-bond donors (Lipinski definition) is 2. The van der Waals surface area contributed by atoms with Crippen LogP contribution in [0, 0.1) is 0 Å². The molecule has 1 aliphatic heterocycles. The zero-order valence-electron chi connectivity index (χ0n) is 10.2. The van der Waals surface area contributed by atoms with E-state index in [1.807, 2.05) is 12.1 Å².